The first-order valence-electron chi connectivity index (χ1n) is 6.30. The molecule has 1 aliphatic heterocycles. The molecule has 1 fully saturated rings. The van der Waals surface area contributed by atoms with Gasteiger partial charge in [0.15, 0.2) is 0 Å². The molecule has 5 nitrogen and oxygen atoms in total. The third-order valence-corrected chi connectivity index (χ3v) is 3.35. The van der Waals surface area contributed by atoms with Crippen molar-refractivity contribution in [3.8, 4) is 0 Å². The van der Waals surface area contributed by atoms with E-state index in [0.29, 0.717) is 6.42 Å². The summed E-state index contributed by atoms with van der Waals surface area (Å²) in [6.07, 6.45) is 4.49. The summed E-state index contributed by atoms with van der Waals surface area (Å²) in [5.41, 5.74) is 0. The van der Waals surface area contributed by atoms with E-state index in [0.717, 1.165) is 32.2 Å². The molecule has 0 spiro atoms. The van der Waals surface area contributed by atoms with Gasteiger partial charge in [-0.05, 0) is 25.8 Å². The van der Waals surface area contributed by atoms with Crippen molar-refractivity contribution in [1.29, 1.82) is 0 Å². The van der Waals surface area contributed by atoms with Crippen LogP contribution >= 0.6 is 0 Å². The van der Waals surface area contributed by atoms with Crippen molar-refractivity contribution in [2.24, 2.45) is 0 Å². The van der Waals surface area contributed by atoms with Crippen LogP contribution in [-0.4, -0.2) is 47.6 Å². The minimum atomic E-state index is -0.933. The Bertz CT molecular complexity index is 273. The maximum absolute atomic E-state index is 12.2. The molecule has 1 rings (SSSR count). The summed E-state index contributed by atoms with van der Waals surface area (Å²) in [5.74, 6) is -1.03. The number of carboxylic acids is 1. The number of carbonyl (C=O) groups excluding carboxylic acids is 1. The van der Waals surface area contributed by atoms with E-state index >= 15 is 0 Å². The molecule has 0 saturated carbocycles. The minimum Gasteiger partial charge on any atom is -0.480 e. The van der Waals surface area contributed by atoms with Crippen LogP contribution < -0.4 is 5.32 Å². The summed E-state index contributed by atoms with van der Waals surface area (Å²) in [5, 5.41) is 12.2. The fourth-order valence-corrected chi connectivity index (χ4v) is 2.25. The van der Waals surface area contributed by atoms with Crippen LogP contribution in [0.15, 0.2) is 0 Å². The van der Waals surface area contributed by atoms with E-state index in [1.807, 2.05) is 0 Å². The van der Waals surface area contributed by atoms with Gasteiger partial charge in [-0.2, -0.15) is 0 Å². The van der Waals surface area contributed by atoms with Crippen molar-refractivity contribution in [2.75, 3.05) is 13.6 Å². The SMILES string of the molecule is CCC(C(=O)O)N(C)C(=O)C1CCCCCN1. The Balaban J connectivity index is 2.63. The summed E-state index contributed by atoms with van der Waals surface area (Å²) < 4.78 is 0. The Kier molecular flexibility index (Phi) is 5.41. The van der Waals surface area contributed by atoms with Gasteiger partial charge < -0.3 is 15.3 Å². The summed E-state index contributed by atoms with van der Waals surface area (Å²) in [6, 6.07) is -0.927. The normalized spacial score (nSPS) is 22.6. The molecule has 1 heterocycles. The lowest BCUT2D eigenvalue weighted by atomic mass is 10.1. The molecule has 1 saturated heterocycles. The third-order valence-electron chi connectivity index (χ3n) is 3.35. The van der Waals surface area contributed by atoms with E-state index in [9.17, 15) is 9.59 Å². The zero-order valence-corrected chi connectivity index (χ0v) is 10.6. The number of likely N-dealkylation sites (N-methyl/N-ethyl adjacent to an activating group) is 1. The lowest BCUT2D eigenvalue weighted by Crippen LogP contribution is -2.50. The molecule has 17 heavy (non-hydrogen) atoms. The third kappa shape index (κ3) is 3.70. The number of carbonyl (C=O) groups is 2. The van der Waals surface area contributed by atoms with Crippen LogP contribution in [0.3, 0.4) is 0 Å². The average molecular weight is 242 g/mol. The molecule has 5 heteroatoms. The second kappa shape index (κ2) is 6.59. The van der Waals surface area contributed by atoms with Gasteiger partial charge in [-0.15, -0.1) is 0 Å². The number of amides is 1. The Morgan fingerprint density at radius 1 is 1.41 bits per heavy atom. The molecule has 1 amide bonds. The number of hydrogen-bond acceptors (Lipinski definition) is 3. The Morgan fingerprint density at radius 2 is 2.12 bits per heavy atom. The number of aliphatic carboxylic acids is 1. The first-order chi connectivity index (χ1) is 8.07. The average Bonchev–Trinajstić information content (AvgIpc) is 2.56. The molecule has 1 aliphatic rings. The molecule has 2 unspecified atom stereocenters. The van der Waals surface area contributed by atoms with Crippen LogP contribution in [0.4, 0.5) is 0 Å². The largest absolute Gasteiger partial charge is 0.480 e. The van der Waals surface area contributed by atoms with Gasteiger partial charge in [-0.25, -0.2) is 4.79 Å². The molecule has 0 aliphatic carbocycles. The van der Waals surface area contributed by atoms with Crippen molar-refractivity contribution < 1.29 is 14.7 Å². The van der Waals surface area contributed by atoms with Crippen LogP contribution in [-0.2, 0) is 9.59 Å². The molecular formula is C12H22N2O3. The number of hydrogen-bond donors (Lipinski definition) is 2. The molecule has 0 aromatic carbocycles. The number of rotatable bonds is 4. The summed E-state index contributed by atoms with van der Waals surface area (Å²) in [4.78, 5) is 24.5. The number of nitrogens with one attached hydrogen (secondary N) is 1. The van der Waals surface area contributed by atoms with Crippen molar-refractivity contribution in [3.63, 3.8) is 0 Å². The van der Waals surface area contributed by atoms with Crippen molar-refractivity contribution in [1.82, 2.24) is 10.2 Å². The van der Waals surface area contributed by atoms with Gasteiger partial charge in [-0.1, -0.05) is 19.8 Å². The second-order valence-corrected chi connectivity index (χ2v) is 4.57. The number of nitrogens with zero attached hydrogens (tertiary/aromatic N) is 1. The van der Waals surface area contributed by atoms with Crippen molar-refractivity contribution in [2.45, 2.75) is 51.1 Å². The highest BCUT2D eigenvalue weighted by Crippen LogP contribution is 2.12. The standard InChI is InChI=1S/C12H22N2O3/c1-3-10(12(16)17)14(2)11(15)9-7-5-4-6-8-13-9/h9-10,13H,3-8H2,1-2H3,(H,16,17). The first kappa shape index (κ1) is 14.0. The van der Waals surface area contributed by atoms with Crippen molar-refractivity contribution in [3.05, 3.63) is 0 Å². The summed E-state index contributed by atoms with van der Waals surface area (Å²) in [7, 11) is 1.58. The molecule has 98 valence electrons. The van der Waals surface area contributed by atoms with E-state index in [4.69, 9.17) is 5.11 Å². The van der Waals surface area contributed by atoms with Gasteiger partial charge in [0.2, 0.25) is 5.91 Å². The maximum Gasteiger partial charge on any atom is 0.326 e. The highest BCUT2D eigenvalue weighted by molar-refractivity contribution is 5.86. The predicted octanol–water partition coefficient (Wildman–Crippen LogP) is 0.840. The van der Waals surface area contributed by atoms with E-state index in [-0.39, 0.29) is 11.9 Å². The lowest BCUT2D eigenvalue weighted by molar-refractivity contribution is -0.150. The molecule has 0 bridgehead atoms. The van der Waals surface area contributed by atoms with E-state index in [2.05, 4.69) is 5.32 Å². The molecular weight excluding hydrogens is 220 g/mol. The van der Waals surface area contributed by atoms with Gasteiger partial charge in [0, 0.05) is 7.05 Å². The van der Waals surface area contributed by atoms with Crippen LogP contribution in [0, 0.1) is 0 Å². The van der Waals surface area contributed by atoms with Gasteiger partial charge >= 0.3 is 5.97 Å². The zero-order valence-electron chi connectivity index (χ0n) is 10.6. The van der Waals surface area contributed by atoms with Crippen LogP contribution in [0.2, 0.25) is 0 Å². The Morgan fingerprint density at radius 3 is 2.71 bits per heavy atom. The Hall–Kier alpha value is -1.10. The van der Waals surface area contributed by atoms with Gasteiger partial charge in [-0.3, -0.25) is 4.79 Å². The molecule has 0 aromatic heterocycles. The van der Waals surface area contributed by atoms with E-state index in [1.165, 1.54) is 4.90 Å². The highest BCUT2D eigenvalue weighted by atomic mass is 16.4. The van der Waals surface area contributed by atoms with Crippen molar-refractivity contribution >= 4 is 11.9 Å². The molecule has 0 radical (unpaired) electrons. The van der Waals surface area contributed by atoms with E-state index in [1.54, 1.807) is 14.0 Å². The van der Waals surface area contributed by atoms with Crippen LogP contribution in [0.25, 0.3) is 0 Å². The molecule has 2 N–H and O–H groups in total. The van der Waals surface area contributed by atoms with Gasteiger partial charge in [0.1, 0.15) is 6.04 Å². The molecule has 0 aromatic rings. The monoisotopic (exact) mass is 242 g/mol. The first-order valence-corrected chi connectivity index (χ1v) is 6.30. The fraction of sp³-hybridized carbons (Fsp3) is 0.833. The van der Waals surface area contributed by atoms with Gasteiger partial charge in [0.05, 0.1) is 6.04 Å². The summed E-state index contributed by atoms with van der Waals surface area (Å²) in [6.45, 7) is 2.62. The van der Waals surface area contributed by atoms with Crippen LogP contribution in [0.1, 0.15) is 39.0 Å². The Labute approximate surface area is 102 Å². The quantitative estimate of drug-likeness (QED) is 0.766. The minimum absolute atomic E-state index is 0.0962. The lowest BCUT2D eigenvalue weighted by Gasteiger charge is -2.28. The summed E-state index contributed by atoms with van der Waals surface area (Å²) >= 11 is 0. The second-order valence-electron chi connectivity index (χ2n) is 4.57. The molecule has 2 atom stereocenters. The predicted molar refractivity (Wildman–Crippen MR) is 64.7 cm³/mol. The fourth-order valence-electron chi connectivity index (χ4n) is 2.25. The highest BCUT2D eigenvalue weighted by Gasteiger charge is 2.29. The maximum atomic E-state index is 12.2. The number of carboxylic acid groups (broad SMARTS) is 1. The smallest absolute Gasteiger partial charge is 0.326 e. The zero-order chi connectivity index (χ0) is 12.8. The van der Waals surface area contributed by atoms with Gasteiger partial charge in [0.25, 0.3) is 0 Å². The topological polar surface area (TPSA) is 69.6 Å². The van der Waals surface area contributed by atoms with Crippen LogP contribution in [0.5, 0.6) is 0 Å². The van der Waals surface area contributed by atoms with E-state index < -0.39 is 12.0 Å².